The number of hydrogen-bond acceptors (Lipinski definition) is 10. The molecule has 10 nitrogen and oxygen atoms in total. The molecule has 10 heteroatoms. The molecule has 1 aliphatic carbocycles. The van der Waals surface area contributed by atoms with Gasteiger partial charge in [0.05, 0.1) is 14.2 Å². The Hall–Kier alpha value is -4.08. The molecule has 2 heterocycles. The van der Waals surface area contributed by atoms with Crippen LogP contribution in [0.4, 0.5) is 0 Å². The van der Waals surface area contributed by atoms with Gasteiger partial charge in [-0.2, -0.15) is 0 Å². The van der Waals surface area contributed by atoms with Gasteiger partial charge in [-0.05, 0) is 26.0 Å². The molecule has 0 spiro atoms. The molecule has 0 radical (unpaired) electrons. The van der Waals surface area contributed by atoms with Crippen molar-refractivity contribution in [1.29, 1.82) is 0 Å². The number of ether oxygens (including phenoxy) is 8. The third-order valence-electron chi connectivity index (χ3n) is 7.64. The Labute approximate surface area is 226 Å². The predicted molar refractivity (Wildman–Crippen MR) is 138 cm³/mol. The molecule has 208 valence electrons. The van der Waals surface area contributed by atoms with Gasteiger partial charge < -0.3 is 37.9 Å². The van der Waals surface area contributed by atoms with E-state index in [1.165, 1.54) is 21.1 Å². The summed E-state index contributed by atoms with van der Waals surface area (Å²) in [5, 5.41) is 0. The van der Waals surface area contributed by atoms with E-state index in [2.05, 4.69) is 0 Å². The Kier molecular flexibility index (Phi) is 6.96. The molecule has 0 saturated heterocycles. The van der Waals surface area contributed by atoms with Gasteiger partial charge in [-0.1, -0.05) is 19.9 Å². The van der Waals surface area contributed by atoms with Crippen LogP contribution in [0.1, 0.15) is 58.0 Å². The van der Waals surface area contributed by atoms with E-state index in [4.69, 9.17) is 37.9 Å². The zero-order valence-corrected chi connectivity index (χ0v) is 23.0. The maximum absolute atomic E-state index is 13.1. The second kappa shape index (κ2) is 10.2. The number of carbonyl (C=O) groups excluding carboxylic acids is 2. The lowest BCUT2D eigenvalue weighted by atomic mass is 9.74. The van der Waals surface area contributed by atoms with Crippen LogP contribution in [0.3, 0.4) is 0 Å². The standard InChI is InChI=1S/C29H32O10/c1-8-13(2)29(31)39-24-15(4)14(3)23(38-16(5)30)17-9-19-25(36-11-34-19)27(32-6)21(17)22-18(24)10-20-26(28(22)33-7)37-12-35-20/h8-10,14-15,23-24H,11-12H2,1-7H3. The molecule has 0 aromatic heterocycles. The normalized spacial score (nSPS) is 22.7. The van der Waals surface area contributed by atoms with Crippen LogP contribution < -0.4 is 28.4 Å². The van der Waals surface area contributed by atoms with Gasteiger partial charge >= 0.3 is 11.9 Å². The van der Waals surface area contributed by atoms with Crippen LogP contribution in [-0.4, -0.2) is 39.7 Å². The monoisotopic (exact) mass is 540 g/mol. The molecule has 0 N–H and O–H groups in total. The smallest absolute Gasteiger partial charge is 0.333 e. The first-order valence-electron chi connectivity index (χ1n) is 12.7. The molecule has 0 amide bonds. The molecule has 5 rings (SSSR count). The minimum atomic E-state index is -0.776. The lowest BCUT2D eigenvalue weighted by Crippen LogP contribution is -2.31. The number of hydrogen-bond donors (Lipinski definition) is 0. The summed E-state index contributed by atoms with van der Waals surface area (Å²) in [5.41, 5.74) is 2.84. The lowest BCUT2D eigenvalue weighted by molar-refractivity contribution is -0.157. The fourth-order valence-electron chi connectivity index (χ4n) is 5.38. The minimum Gasteiger partial charge on any atom is -0.492 e. The molecule has 4 atom stereocenters. The van der Waals surface area contributed by atoms with Crippen molar-refractivity contribution in [2.75, 3.05) is 27.8 Å². The van der Waals surface area contributed by atoms with Crippen LogP contribution in [0.5, 0.6) is 34.5 Å². The van der Waals surface area contributed by atoms with Crippen molar-refractivity contribution in [3.8, 4) is 45.6 Å². The van der Waals surface area contributed by atoms with Gasteiger partial charge in [-0.3, -0.25) is 4.79 Å². The Balaban J connectivity index is 1.91. The van der Waals surface area contributed by atoms with E-state index >= 15 is 0 Å². The Morgan fingerprint density at radius 3 is 1.67 bits per heavy atom. The summed E-state index contributed by atoms with van der Waals surface area (Å²) in [4.78, 5) is 25.6. The van der Waals surface area contributed by atoms with Gasteiger partial charge in [0.25, 0.3) is 0 Å². The number of methoxy groups -OCH3 is 2. The van der Waals surface area contributed by atoms with Crippen LogP contribution in [0.25, 0.3) is 11.1 Å². The molecule has 2 aromatic carbocycles. The molecule has 2 aliphatic heterocycles. The molecular formula is C29H32O10. The van der Waals surface area contributed by atoms with E-state index in [1.807, 2.05) is 19.9 Å². The van der Waals surface area contributed by atoms with Crippen molar-refractivity contribution in [2.45, 2.75) is 46.8 Å². The first-order chi connectivity index (χ1) is 18.7. The highest BCUT2D eigenvalue weighted by Crippen LogP contribution is 2.61. The highest BCUT2D eigenvalue weighted by Gasteiger charge is 2.45. The number of rotatable bonds is 5. The quantitative estimate of drug-likeness (QED) is 0.368. The van der Waals surface area contributed by atoms with Crippen molar-refractivity contribution in [1.82, 2.24) is 0 Å². The largest absolute Gasteiger partial charge is 0.492 e. The number of carbonyl (C=O) groups is 2. The summed E-state index contributed by atoms with van der Waals surface area (Å²) in [6, 6.07) is 3.62. The van der Waals surface area contributed by atoms with Crippen molar-refractivity contribution in [3.05, 3.63) is 34.9 Å². The first-order valence-corrected chi connectivity index (χ1v) is 12.7. The van der Waals surface area contributed by atoms with E-state index < -0.39 is 24.1 Å². The second-order valence-corrected chi connectivity index (χ2v) is 9.76. The van der Waals surface area contributed by atoms with Gasteiger partial charge in [0.15, 0.2) is 23.0 Å². The van der Waals surface area contributed by atoms with Crippen molar-refractivity contribution >= 4 is 11.9 Å². The molecular weight excluding hydrogens is 508 g/mol. The number of esters is 2. The van der Waals surface area contributed by atoms with E-state index in [-0.39, 0.29) is 25.4 Å². The molecule has 0 fully saturated rings. The third-order valence-corrected chi connectivity index (χ3v) is 7.64. The summed E-state index contributed by atoms with van der Waals surface area (Å²) in [7, 11) is 3.05. The molecule has 3 aliphatic rings. The summed E-state index contributed by atoms with van der Waals surface area (Å²) in [5.74, 6) is 0.915. The summed E-state index contributed by atoms with van der Waals surface area (Å²) in [6.07, 6.45) is 0.173. The summed E-state index contributed by atoms with van der Waals surface area (Å²) in [6.45, 7) is 8.76. The Morgan fingerprint density at radius 2 is 1.26 bits per heavy atom. The van der Waals surface area contributed by atoms with Crippen LogP contribution >= 0.6 is 0 Å². The maximum Gasteiger partial charge on any atom is 0.333 e. The van der Waals surface area contributed by atoms with E-state index in [1.54, 1.807) is 26.0 Å². The van der Waals surface area contributed by atoms with Gasteiger partial charge in [-0.25, -0.2) is 4.79 Å². The number of benzene rings is 2. The Morgan fingerprint density at radius 1 is 0.795 bits per heavy atom. The minimum absolute atomic E-state index is 0.00385. The van der Waals surface area contributed by atoms with Gasteiger partial charge in [-0.15, -0.1) is 0 Å². The number of allylic oxidation sites excluding steroid dienone is 1. The molecule has 39 heavy (non-hydrogen) atoms. The first kappa shape index (κ1) is 26.5. The van der Waals surface area contributed by atoms with Crippen LogP contribution in [0, 0.1) is 11.8 Å². The van der Waals surface area contributed by atoms with E-state index in [0.29, 0.717) is 62.3 Å². The highest BCUT2D eigenvalue weighted by molar-refractivity contribution is 5.91. The molecule has 4 unspecified atom stereocenters. The van der Waals surface area contributed by atoms with Gasteiger partial charge in [0.1, 0.15) is 12.2 Å². The van der Waals surface area contributed by atoms with Crippen molar-refractivity contribution in [2.24, 2.45) is 11.8 Å². The second-order valence-electron chi connectivity index (χ2n) is 9.76. The van der Waals surface area contributed by atoms with Gasteiger partial charge in [0.2, 0.25) is 25.1 Å². The summed E-state index contributed by atoms with van der Waals surface area (Å²) >= 11 is 0. The average Bonchev–Trinajstić information content (AvgIpc) is 3.60. The van der Waals surface area contributed by atoms with Crippen LogP contribution in [0.15, 0.2) is 23.8 Å². The SMILES string of the molecule is CC=C(C)C(=O)OC1c2cc3c(c(OC)c2-c2c(cc4c(c2OC)OCO4)C(OC(C)=O)C(C)C1C)OCO3. The van der Waals surface area contributed by atoms with Gasteiger partial charge in [0, 0.05) is 46.6 Å². The zero-order valence-electron chi connectivity index (χ0n) is 23.0. The highest BCUT2D eigenvalue weighted by atomic mass is 16.7. The Bertz CT molecular complexity index is 1360. The fraction of sp³-hybridized carbons (Fsp3) is 0.448. The van der Waals surface area contributed by atoms with Crippen molar-refractivity contribution < 1.29 is 47.5 Å². The van der Waals surface area contributed by atoms with E-state index in [9.17, 15) is 9.59 Å². The average molecular weight is 541 g/mol. The fourth-order valence-corrected chi connectivity index (χ4v) is 5.38. The van der Waals surface area contributed by atoms with Crippen LogP contribution in [0.2, 0.25) is 0 Å². The molecule has 0 saturated carbocycles. The molecule has 2 aromatic rings. The summed E-state index contributed by atoms with van der Waals surface area (Å²) < 4.78 is 47.1. The number of fused-ring (bicyclic) bond motifs is 5. The molecule has 0 bridgehead atoms. The topological polar surface area (TPSA) is 108 Å². The van der Waals surface area contributed by atoms with E-state index in [0.717, 1.165) is 0 Å². The lowest BCUT2D eigenvalue weighted by Gasteiger charge is -2.38. The van der Waals surface area contributed by atoms with Crippen LogP contribution in [-0.2, 0) is 19.1 Å². The maximum atomic E-state index is 13.1. The third kappa shape index (κ3) is 4.27. The van der Waals surface area contributed by atoms with Crippen molar-refractivity contribution in [3.63, 3.8) is 0 Å². The predicted octanol–water partition coefficient (Wildman–Crippen LogP) is 5.27. The zero-order chi connectivity index (χ0) is 28.0.